The second kappa shape index (κ2) is 23.9. The van der Waals surface area contributed by atoms with Crippen LogP contribution in [0.15, 0.2) is 146 Å². The second-order valence-electron chi connectivity index (χ2n) is 22.9. The van der Waals surface area contributed by atoms with Gasteiger partial charge in [-0.15, -0.1) is 22.7 Å². The number of fused-ring (bicyclic) bond motifs is 4. The topological polar surface area (TPSA) is 169 Å². The van der Waals surface area contributed by atoms with Crippen LogP contribution in [0.4, 0.5) is 0 Å². The molecule has 12 aromatic rings. The quantitative estimate of drug-likeness (QED) is 0.109. The zero-order valence-electron chi connectivity index (χ0n) is 49.4. The summed E-state index contributed by atoms with van der Waals surface area (Å²) in [6.45, 7) is 17.4. The van der Waals surface area contributed by atoms with Gasteiger partial charge in [-0.25, -0.2) is 19.6 Å². The number of hydrogen-bond donors (Lipinski definition) is 1. The monoisotopic (exact) mass is 1220 g/mol. The first-order chi connectivity index (χ1) is 41.0. The van der Waals surface area contributed by atoms with Crippen LogP contribution in [0.3, 0.4) is 0 Å². The number of halogens is 2. The van der Waals surface area contributed by atoms with E-state index < -0.39 is 35.3 Å². The highest BCUT2D eigenvalue weighted by Crippen LogP contribution is 2.47. The van der Waals surface area contributed by atoms with Crippen molar-refractivity contribution in [3.63, 3.8) is 0 Å². The maximum absolute atomic E-state index is 13.5. The zero-order chi connectivity index (χ0) is 60.9. The van der Waals surface area contributed by atoms with E-state index in [0.29, 0.717) is 15.6 Å². The predicted octanol–water partition coefficient (Wildman–Crippen LogP) is 17.4. The Morgan fingerprint density at radius 2 is 0.977 bits per heavy atom. The molecule has 12 rings (SSSR count). The number of carboxylic acids is 1. The summed E-state index contributed by atoms with van der Waals surface area (Å²) in [6.07, 6.45) is 5.05. The molecule has 0 spiro atoms. The van der Waals surface area contributed by atoms with Crippen LogP contribution in [0, 0.1) is 13.8 Å². The molecule has 0 aliphatic rings. The molecule has 0 saturated carbocycles. The molecule has 436 valence electrons. The molecule has 6 aromatic heterocycles. The summed E-state index contributed by atoms with van der Waals surface area (Å²) in [7, 11) is 3.88. The minimum absolute atomic E-state index is 0.253. The van der Waals surface area contributed by atoms with Gasteiger partial charge in [0.2, 0.25) is 0 Å². The van der Waals surface area contributed by atoms with Crippen LogP contribution in [-0.4, -0.2) is 74.4 Å². The number of carbonyl (C=O) groups is 2. The first kappa shape index (κ1) is 59.5. The standard InChI is InChI=1S/C35H33ClN4O3S.C33H29ClN4O3S/c1-7-42-34(41)31(43-35(3,4)5)28-20(2)17-26-32(29(28)21-10-13-24(36)14-11-21)44-33(38-26)22-12-15-27-25(18-22)30(39-40(27)6)23-9-8-16-37-19-23;1-18-15-24-30(27(19-8-11-22(34)12-9-19)26(18)29(32(39)40)41-33(2,3)4)42-31(36-24)20-10-13-25-23(16-20)28(37-38(25)5)21-7-6-14-35-17-21/h8-19,31H,7H2,1-6H3;6-17,29H,1-5H3,(H,39,40)/t31-;29-/m00/s1. The van der Waals surface area contributed by atoms with Gasteiger partial charge in [-0.1, -0.05) is 47.5 Å². The summed E-state index contributed by atoms with van der Waals surface area (Å²) < 4.78 is 23.7. The minimum Gasteiger partial charge on any atom is -0.479 e. The van der Waals surface area contributed by atoms with Crippen LogP contribution in [0.2, 0.25) is 10.0 Å². The van der Waals surface area contributed by atoms with Gasteiger partial charge in [0.25, 0.3) is 0 Å². The zero-order valence-corrected chi connectivity index (χ0v) is 52.5. The number of hydrogen-bond acceptors (Lipinski definition) is 13. The average molecular weight is 1220 g/mol. The van der Waals surface area contributed by atoms with E-state index in [1.54, 1.807) is 30.7 Å². The third kappa shape index (κ3) is 12.1. The number of aryl methyl sites for hydroxylation is 4. The van der Waals surface area contributed by atoms with Gasteiger partial charge in [0, 0.05) is 104 Å². The average Bonchev–Trinajstić information content (AvgIpc) is 1.57. The van der Waals surface area contributed by atoms with E-state index in [2.05, 4.69) is 40.3 Å². The molecule has 0 bridgehead atoms. The van der Waals surface area contributed by atoms with Crippen molar-refractivity contribution in [1.29, 1.82) is 0 Å². The Kier molecular flexibility index (Phi) is 16.5. The SMILES string of the molecule is CCOC(=O)[C@@H](OC(C)(C)C)c1c(C)cc2nc(-c3ccc4c(c3)c(-c3cccnc3)nn4C)sc2c1-c1ccc(Cl)cc1.Cc1cc2nc(-c3ccc4c(c3)c(-c3cccnc3)nn4C)sc2c(-c2ccc(Cl)cc2)c1[C@H](OC(C)(C)C)C(=O)O. The Bertz CT molecular complexity index is 4530. The number of benzene rings is 6. The van der Waals surface area contributed by atoms with Gasteiger partial charge in [0.1, 0.15) is 21.4 Å². The summed E-state index contributed by atoms with van der Waals surface area (Å²) in [6, 6.07) is 39.4. The first-order valence-electron chi connectivity index (χ1n) is 27.9. The number of esters is 1. The van der Waals surface area contributed by atoms with E-state index in [1.165, 1.54) is 11.3 Å². The summed E-state index contributed by atoms with van der Waals surface area (Å²) in [5.41, 5.74) is 14.4. The summed E-state index contributed by atoms with van der Waals surface area (Å²) in [4.78, 5) is 44.8. The highest BCUT2D eigenvalue weighted by Gasteiger charge is 2.35. The van der Waals surface area contributed by atoms with Crippen molar-refractivity contribution in [2.24, 2.45) is 14.1 Å². The fourth-order valence-electron chi connectivity index (χ4n) is 10.8. The Labute approximate surface area is 516 Å². The van der Waals surface area contributed by atoms with Crippen LogP contribution >= 0.6 is 45.9 Å². The van der Waals surface area contributed by atoms with Gasteiger partial charge in [-0.2, -0.15) is 10.2 Å². The lowest BCUT2D eigenvalue weighted by Gasteiger charge is -2.29. The molecule has 0 amide bonds. The van der Waals surface area contributed by atoms with Gasteiger partial charge in [0.15, 0.2) is 12.2 Å². The molecule has 0 saturated heterocycles. The Hall–Kier alpha value is -8.22. The summed E-state index contributed by atoms with van der Waals surface area (Å²) in [5.74, 6) is -1.47. The molecule has 1 N–H and O–H groups in total. The van der Waals surface area contributed by atoms with Crippen molar-refractivity contribution >= 4 is 100 Å². The maximum atomic E-state index is 13.5. The van der Waals surface area contributed by atoms with Crippen molar-refractivity contribution < 1.29 is 28.9 Å². The van der Waals surface area contributed by atoms with Gasteiger partial charge in [-0.05, 0) is 182 Å². The van der Waals surface area contributed by atoms with Gasteiger partial charge in [0.05, 0.1) is 49.3 Å². The van der Waals surface area contributed by atoms with Gasteiger partial charge >= 0.3 is 11.9 Å². The van der Waals surface area contributed by atoms with Crippen molar-refractivity contribution in [3.05, 3.63) is 178 Å². The molecular weight excluding hydrogens is 1160 g/mol. The molecule has 0 radical (unpaired) electrons. The lowest BCUT2D eigenvalue weighted by molar-refractivity contribution is -0.166. The summed E-state index contributed by atoms with van der Waals surface area (Å²) >= 11 is 15.7. The molecule has 18 heteroatoms. The van der Waals surface area contributed by atoms with Crippen molar-refractivity contribution in [3.8, 4) is 65.9 Å². The molecular formula is C68H62Cl2N8O6S2. The van der Waals surface area contributed by atoms with Crippen LogP contribution in [0.1, 0.15) is 82.9 Å². The molecule has 0 aliphatic heterocycles. The number of ether oxygens (including phenoxy) is 3. The van der Waals surface area contributed by atoms with E-state index in [-0.39, 0.29) is 6.61 Å². The van der Waals surface area contributed by atoms with Crippen molar-refractivity contribution in [2.75, 3.05) is 6.61 Å². The third-order valence-corrected chi connectivity index (χ3v) is 17.2. The molecule has 0 fully saturated rings. The fourth-order valence-corrected chi connectivity index (χ4v) is 13.3. The maximum Gasteiger partial charge on any atom is 0.339 e. The largest absolute Gasteiger partial charge is 0.479 e. The van der Waals surface area contributed by atoms with Crippen LogP contribution in [0.5, 0.6) is 0 Å². The van der Waals surface area contributed by atoms with E-state index >= 15 is 0 Å². The second-order valence-corrected chi connectivity index (χ2v) is 25.8. The third-order valence-electron chi connectivity index (χ3n) is 14.4. The Morgan fingerprint density at radius 1 is 0.570 bits per heavy atom. The van der Waals surface area contributed by atoms with Crippen molar-refractivity contribution in [1.82, 2.24) is 39.5 Å². The normalized spacial score (nSPS) is 12.7. The van der Waals surface area contributed by atoms with Crippen LogP contribution < -0.4 is 0 Å². The van der Waals surface area contributed by atoms with E-state index in [1.807, 2.05) is 182 Å². The fraction of sp³-hybridized carbons (Fsp3) is 0.235. The Morgan fingerprint density at radius 3 is 1.36 bits per heavy atom. The van der Waals surface area contributed by atoms with Crippen LogP contribution in [-0.2, 0) is 37.9 Å². The van der Waals surface area contributed by atoms with E-state index in [4.69, 9.17) is 57.6 Å². The highest BCUT2D eigenvalue weighted by molar-refractivity contribution is 7.22. The number of nitrogens with zero attached hydrogens (tertiary/aromatic N) is 8. The van der Waals surface area contributed by atoms with Crippen molar-refractivity contribution in [2.45, 2.75) is 85.7 Å². The number of aliphatic carboxylic acids is 1. The smallest absolute Gasteiger partial charge is 0.339 e. The molecule has 0 unspecified atom stereocenters. The summed E-state index contributed by atoms with van der Waals surface area (Å²) in [5, 5.41) is 24.8. The highest BCUT2D eigenvalue weighted by atomic mass is 35.5. The number of thiazole rings is 2. The Balaban J connectivity index is 0.000000179. The minimum atomic E-state index is -1.17. The molecule has 14 nitrogen and oxygen atoms in total. The number of pyridine rings is 2. The van der Waals surface area contributed by atoms with E-state index in [0.717, 1.165) is 125 Å². The molecule has 6 heterocycles. The number of rotatable bonds is 13. The number of carbonyl (C=O) groups excluding carboxylic acids is 1. The van der Waals surface area contributed by atoms with Crippen LogP contribution in [0.25, 0.3) is 108 Å². The number of aromatic nitrogens is 8. The van der Waals surface area contributed by atoms with Gasteiger partial charge < -0.3 is 19.3 Å². The lowest BCUT2D eigenvalue weighted by atomic mass is 9.91. The molecule has 2 atom stereocenters. The molecule has 86 heavy (non-hydrogen) atoms. The first-order valence-corrected chi connectivity index (χ1v) is 30.3. The number of carboxylic acid groups (broad SMARTS) is 1. The van der Waals surface area contributed by atoms with Gasteiger partial charge in [-0.3, -0.25) is 19.3 Å². The molecule has 0 aliphatic carbocycles. The lowest BCUT2D eigenvalue weighted by Crippen LogP contribution is -2.29. The molecule has 6 aromatic carbocycles. The predicted molar refractivity (Wildman–Crippen MR) is 347 cm³/mol. The van der Waals surface area contributed by atoms with E-state index in [9.17, 15) is 14.7 Å².